The van der Waals surface area contributed by atoms with Crippen molar-refractivity contribution in [2.24, 2.45) is 0 Å². The van der Waals surface area contributed by atoms with Crippen LogP contribution in [-0.4, -0.2) is 42.6 Å². The van der Waals surface area contributed by atoms with Crippen molar-refractivity contribution < 1.29 is 9.59 Å². The van der Waals surface area contributed by atoms with Crippen molar-refractivity contribution in [2.75, 3.05) is 36.5 Å². The molecule has 0 heterocycles. The number of nitrogens with one attached hydrogen (secondary N) is 2. The van der Waals surface area contributed by atoms with Gasteiger partial charge in [-0.2, -0.15) is 5.26 Å². The van der Waals surface area contributed by atoms with E-state index in [2.05, 4.69) is 16.7 Å². The maximum atomic E-state index is 12.3. The van der Waals surface area contributed by atoms with Crippen LogP contribution in [0.1, 0.15) is 0 Å². The van der Waals surface area contributed by atoms with Gasteiger partial charge in [0.2, 0.25) is 11.8 Å². The molecule has 0 spiro atoms. The molecular weight excluding hydrogens is 384 g/mol. The van der Waals surface area contributed by atoms with Gasteiger partial charge < -0.3 is 10.6 Å². The Labute approximate surface area is 167 Å². The van der Waals surface area contributed by atoms with E-state index in [-0.39, 0.29) is 24.9 Å². The third-order valence-electron chi connectivity index (χ3n) is 3.39. The van der Waals surface area contributed by atoms with Crippen LogP contribution >= 0.6 is 23.4 Å². The number of benzene rings is 2. The Bertz CT molecular complexity index is 854. The Hall–Kier alpha value is -2.53. The third-order valence-corrected chi connectivity index (χ3v) is 4.56. The zero-order valence-corrected chi connectivity index (χ0v) is 16.3. The number of thioether (sulfide) groups is 1. The van der Waals surface area contributed by atoms with Gasteiger partial charge in [0.25, 0.3) is 0 Å². The van der Waals surface area contributed by atoms with Crippen LogP contribution in [-0.2, 0) is 9.59 Å². The zero-order valence-electron chi connectivity index (χ0n) is 14.7. The minimum absolute atomic E-state index is 0.0558. The van der Waals surface area contributed by atoms with Gasteiger partial charge in [0.15, 0.2) is 0 Å². The summed E-state index contributed by atoms with van der Waals surface area (Å²) in [7, 11) is 1.69. The van der Waals surface area contributed by atoms with Gasteiger partial charge >= 0.3 is 0 Å². The predicted molar refractivity (Wildman–Crippen MR) is 109 cm³/mol. The van der Waals surface area contributed by atoms with Crippen molar-refractivity contribution in [3.05, 3.63) is 53.6 Å². The normalized spacial score (nSPS) is 10.3. The number of anilines is 2. The number of carbonyl (C=O) groups is 2. The molecule has 140 valence electrons. The zero-order chi connectivity index (χ0) is 19.6. The third kappa shape index (κ3) is 7.31. The minimum atomic E-state index is -0.238. The molecule has 0 unspecified atom stereocenters. The summed E-state index contributed by atoms with van der Waals surface area (Å²) in [6, 6.07) is 16.2. The Morgan fingerprint density at radius 3 is 2.52 bits per heavy atom. The van der Waals surface area contributed by atoms with E-state index in [1.165, 1.54) is 11.8 Å². The maximum Gasteiger partial charge on any atom is 0.238 e. The van der Waals surface area contributed by atoms with Crippen LogP contribution in [0.4, 0.5) is 11.4 Å². The van der Waals surface area contributed by atoms with E-state index in [1.54, 1.807) is 42.3 Å². The second-order valence-electron chi connectivity index (χ2n) is 5.72. The molecule has 0 aliphatic rings. The van der Waals surface area contributed by atoms with Gasteiger partial charge in [-0.1, -0.05) is 29.8 Å². The minimum Gasteiger partial charge on any atom is -0.325 e. The Kier molecular flexibility index (Phi) is 8.14. The van der Waals surface area contributed by atoms with Crippen LogP contribution in [0.25, 0.3) is 0 Å². The summed E-state index contributed by atoms with van der Waals surface area (Å²) >= 11 is 7.25. The summed E-state index contributed by atoms with van der Waals surface area (Å²) in [6.45, 7) is 0.116. The summed E-state index contributed by atoms with van der Waals surface area (Å²) in [4.78, 5) is 26.8. The highest BCUT2D eigenvalue weighted by Crippen LogP contribution is 2.26. The Balaban J connectivity index is 1.85. The Morgan fingerprint density at radius 2 is 1.81 bits per heavy atom. The topological polar surface area (TPSA) is 85.2 Å². The second-order valence-corrected chi connectivity index (χ2v) is 7.18. The van der Waals surface area contributed by atoms with Crippen molar-refractivity contribution in [3.63, 3.8) is 0 Å². The summed E-state index contributed by atoms with van der Waals surface area (Å²) in [5.41, 5.74) is 1.26. The van der Waals surface area contributed by atoms with Crippen molar-refractivity contribution in [1.82, 2.24) is 4.90 Å². The highest BCUT2D eigenvalue weighted by molar-refractivity contribution is 7.99. The average Bonchev–Trinajstić information content (AvgIpc) is 2.60. The molecule has 27 heavy (non-hydrogen) atoms. The molecule has 2 aromatic carbocycles. The molecule has 0 aromatic heterocycles. The molecule has 0 saturated heterocycles. The summed E-state index contributed by atoms with van der Waals surface area (Å²) in [5, 5.41) is 14.8. The van der Waals surface area contributed by atoms with Crippen LogP contribution < -0.4 is 10.6 Å². The van der Waals surface area contributed by atoms with Gasteiger partial charge in [-0.25, -0.2) is 0 Å². The Morgan fingerprint density at radius 1 is 1.11 bits per heavy atom. The number of likely N-dealkylation sites (N-methyl/N-ethyl adjacent to an activating group) is 1. The monoisotopic (exact) mass is 402 g/mol. The largest absolute Gasteiger partial charge is 0.325 e. The quantitative estimate of drug-likeness (QED) is 0.660. The van der Waals surface area contributed by atoms with Gasteiger partial charge in [0.1, 0.15) is 0 Å². The lowest BCUT2D eigenvalue weighted by Gasteiger charge is -2.17. The smallest absolute Gasteiger partial charge is 0.238 e. The van der Waals surface area contributed by atoms with Gasteiger partial charge in [-0.3, -0.25) is 14.5 Å². The highest BCUT2D eigenvalue weighted by atomic mass is 35.5. The van der Waals surface area contributed by atoms with E-state index >= 15 is 0 Å². The van der Waals surface area contributed by atoms with Gasteiger partial charge in [0, 0.05) is 15.6 Å². The van der Waals surface area contributed by atoms with Crippen LogP contribution in [0.5, 0.6) is 0 Å². The summed E-state index contributed by atoms with van der Waals surface area (Å²) < 4.78 is 0. The molecule has 0 bridgehead atoms. The van der Waals surface area contributed by atoms with Crippen molar-refractivity contribution in [3.8, 4) is 6.07 Å². The maximum absolute atomic E-state index is 12.3. The van der Waals surface area contributed by atoms with E-state index in [0.29, 0.717) is 22.2 Å². The number of halogens is 1. The predicted octanol–water partition coefficient (Wildman–Crippen LogP) is 3.46. The van der Waals surface area contributed by atoms with E-state index in [4.69, 9.17) is 16.9 Å². The molecule has 0 radical (unpaired) electrons. The SMILES string of the molecule is CN(CC(=O)Nc1cccc(Cl)c1)CC(=O)Nc1ccccc1SCC#N. The number of carbonyl (C=O) groups excluding carboxylic acids is 2. The molecule has 8 heteroatoms. The van der Waals surface area contributed by atoms with Gasteiger partial charge in [0.05, 0.1) is 30.6 Å². The number of hydrogen-bond acceptors (Lipinski definition) is 5. The molecule has 0 aliphatic heterocycles. The molecule has 2 amide bonds. The first-order valence-corrected chi connectivity index (χ1v) is 9.47. The number of amides is 2. The number of rotatable bonds is 8. The molecule has 0 saturated carbocycles. The first-order chi connectivity index (χ1) is 13.0. The summed E-state index contributed by atoms with van der Waals surface area (Å²) in [5.74, 6) is -0.174. The fourth-order valence-electron chi connectivity index (χ4n) is 2.31. The van der Waals surface area contributed by atoms with Crippen molar-refractivity contribution in [2.45, 2.75) is 4.90 Å². The fourth-order valence-corrected chi connectivity index (χ4v) is 3.17. The van der Waals surface area contributed by atoms with Crippen LogP contribution in [0, 0.1) is 11.3 Å². The van der Waals surface area contributed by atoms with Gasteiger partial charge in [-0.15, -0.1) is 11.8 Å². The lowest BCUT2D eigenvalue weighted by atomic mass is 10.3. The number of nitriles is 1. The average molecular weight is 403 g/mol. The van der Waals surface area contributed by atoms with Crippen molar-refractivity contribution in [1.29, 1.82) is 5.26 Å². The highest BCUT2D eigenvalue weighted by Gasteiger charge is 2.13. The second kappa shape index (κ2) is 10.6. The molecule has 2 rings (SSSR count). The van der Waals surface area contributed by atoms with Crippen molar-refractivity contribution >= 4 is 46.6 Å². The molecule has 0 aliphatic carbocycles. The van der Waals surface area contributed by atoms with E-state index in [1.807, 2.05) is 18.2 Å². The number of nitrogens with zero attached hydrogens (tertiary/aromatic N) is 2. The van der Waals surface area contributed by atoms with E-state index < -0.39 is 0 Å². The van der Waals surface area contributed by atoms with Crippen LogP contribution in [0.2, 0.25) is 5.02 Å². The van der Waals surface area contributed by atoms with Crippen LogP contribution in [0.3, 0.4) is 0 Å². The first-order valence-electron chi connectivity index (χ1n) is 8.10. The van der Waals surface area contributed by atoms with Crippen LogP contribution in [0.15, 0.2) is 53.4 Å². The fraction of sp³-hybridized carbons (Fsp3) is 0.211. The van der Waals surface area contributed by atoms with E-state index in [9.17, 15) is 9.59 Å². The molecule has 2 N–H and O–H groups in total. The summed E-state index contributed by atoms with van der Waals surface area (Å²) in [6.07, 6.45) is 0. The lowest BCUT2D eigenvalue weighted by Crippen LogP contribution is -2.36. The number of hydrogen-bond donors (Lipinski definition) is 2. The standard InChI is InChI=1S/C19H19ClN4O2S/c1-24(12-18(25)22-15-6-4-5-14(20)11-15)13-19(26)23-16-7-2-3-8-17(16)27-10-9-21/h2-8,11H,10,12-13H2,1H3,(H,22,25)(H,23,26). The molecule has 0 fully saturated rings. The molecule has 6 nitrogen and oxygen atoms in total. The van der Waals surface area contributed by atoms with E-state index in [0.717, 1.165) is 4.90 Å². The van der Waals surface area contributed by atoms with Gasteiger partial charge in [-0.05, 0) is 37.4 Å². The lowest BCUT2D eigenvalue weighted by molar-refractivity contribution is -0.119. The molecular formula is C19H19ClN4O2S. The molecule has 2 aromatic rings. The first kappa shape index (κ1) is 20.8. The molecule has 0 atom stereocenters. The number of para-hydroxylation sites is 1.